The van der Waals surface area contributed by atoms with Gasteiger partial charge in [-0.2, -0.15) is 0 Å². The number of amides is 2. The molecule has 30 heavy (non-hydrogen) atoms. The van der Waals surface area contributed by atoms with Gasteiger partial charge in [-0.15, -0.1) is 11.8 Å². The van der Waals surface area contributed by atoms with Crippen molar-refractivity contribution in [2.75, 3.05) is 19.4 Å². The Morgan fingerprint density at radius 2 is 1.70 bits per heavy atom. The van der Waals surface area contributed by atoms with Gasteiger partial charge in [0.2, 0.25) is 11.8 Å². The van der Waals surface area contributed by atoms with Gasteiger partial charge in [0.25, 0.3) is 0 Å². The first kappa shape index (κ1) is 24.3. The van der Waals surface area contributed by atoms with E-state index < -0.39 is 6.04 Å². The molecule has 1 N–H and O–H groups in total. The van der Waals surface area contributed by atoms with Crippen LogP contribution in [0.1, 0.15) is 31.4 Å². The molecule has 0 aromatic heterocycles. The summed E-state index contributed by atoms with van der Waals surface area (Å²) in [6.45, 7) is 4.74. The van der Waals surface area contributed by atoms with Gasteiger partial charge < -0.3 is 15.0 Å². The van der Waals surface area contributed by atoms with Gasteiger partial charge in [0.1, 0.15) is 11.8 Å². The van der Waals surface area contributed by atoms with E-state index in [2.05, 4.69) is 21.2 Å². The van der Waals surface area contributed by atoms with E-state index in [1.165, 1.54) is 0 Å². The van der Waals surface area contributed by atoms with E-state index in [4.69, 9.17) is 4.74 Å². The Kier molecular flexibility index (Phi) is 10.2. The number of likely N-dealkylation sites (N-methyl/N-ethyl adjacent to an activating group) is 1. The quantitative estimate of drug-likeness (QED) is 0.496. The summed E-state index contributed by atoms with van der Waals surface area (Å²) in [6.07, 6.45) is 0.561. The molecule has 0 aliphatic carbocycles. The lowest BCUT2D eigenvalue weighted by Gasteiger charge is -2.30. The van der Waals surface area contributed by atoms with Crippen molar-refractivity contribution in [2.24, 2.45) is 0 Å². The third-order valence-corrected chi connectivity index (χ3v) is 6.17. The van der Waals surface area contributed by atoms with Crippen LogP contribution < -0.4 is 10.1 Å². The third kappa shape index (κ3) is 7.36. The van der Waals surface area contributed by atoms with Crippen LogP contribution >= 0.6 is 27.7 Å². The van der Waals surface area contributed by atoms with Crippen molar-refractivity contribution in [3.63, 3.8) is 0 Å². The van der Waals surface area contributed by atoms with E-state index in [9.17, 15) is 9.59 Å². The van der Waals surface area contributed by atoms with E-state index in [1.807, 2.05) is 62.4 Å². The molecule has 0 saturated carbocycles. The third-order valence-electron chi connectivity index (χ3n) is 4.66. The van der Waals surface area contributed by atoms with Crippen LogP contribution in [-0.2, 0) is 21.9 Å². The molecular weight excluding hydrogens is 464 g/mol. The first-order valence-corrected chi connectivity index (χ1v) is 12.0. The fraction of sp³-hybridized carbons (Fsp3) is 0.391. The Balaban J connectivity index is 2.10. The highest BCUT2D eigenvalue weighted by atomic mass is 79.9. The summed E-state index contributed by atoms with van der Waals surface area (Å²) in [6, 6.07) is 15.2. The molecule has 1 unspecified atom stereocenters. The number of rotatable bonds is 11. The second kappa shape index (κ2) is 12.6. The maximum atomic E-state index is 13.1. The summed E-state index contributed by atoms with van der Waals surface area (Å²) >= 11 is 4.99. The number of benzene rings is 2. The molecule has 2 rings (SSSR count). The lowest BCUT2D eigenvalue weighted by molar-refractivity contribution is -0.139. The van der Waals surface area contributed by atoms with Gasteiger partial charge in [0.15, 0.2) is 0 Å². The number of nitrogens with one attached hydrogen (secondary N) is 1. The first-order valence-electron chi connectivity index (χ1n) is 10.0. The van der Waals surface area contributed by atoms with Crippen molar-refractivity contribution in [3.05, 3.63) is 64.1 Å². The molecular formula is C23H29BrN2O3S. The second-order valence-corrected chi connectivity index (χ2v) is 8.71. The molecule has 2 aromatic rings. The number of hydrogen-bond donors (Lipinski definition) is 1. The predicted molar refractivity (Wildman–Crippen MR) is 127 cm³/mol. The van der Waals surface area contributed by atoms with Gasteiger partial charge in [0, 0.05) is 23.3 Å². The summed E-state index contributed by atoms with van der Waals surface area (Å²) in [4.78, 5) is 27.4. The minimum atomic E-state index is -0.493. The number of carbonyl (C=O) groups excluding carboxylic acids is 2. The number of carbonyl (C=O) groups is 2. The molecule has 0 radical (unpaired) electrons. The second-order valence-electron chi connectivity index (χ2n) is 6.81. The highest BCUT2D eigenvalue weighted by Crippen LogP contribution is 2.20. The van der Waals surface area contributed by atoms with Crippen LogP contribution in [0.3, 0.4) is 0 Å². The van der Waals surface area contributed by atoms with E-state index in [0.717, 1.165) is 27.1 Å². The van der Waals surface area contributed by atoms with Crippen molar-refractivity contribution in [2.45, 2.75) is 38.6 Å². The van der Waals surface area contributed by atoms with Gasteiger partial charge in [-0.3, -0.25) is 9.59 Å². The van der Waals surface area contributed by atoms with Crippen LogP contribution in [0.4, 0.5) is 0 Å². The van der Waals surface area contributed by atoms with Gasteiger partial charge in [-0.1, -0.05) is 47.1 Å². The highest BCUT2D eigenvalue weighted by Gasteiger charge is 2.28. The molecule has 7 heteroatoms. The van der Waals surface area contributed by atoms with Crippen molar-refractivity contribution in [1.29, 1.82) is 0 Å². The molecule has 0 aliphatic rings. The Hall–Kier alpha value is -1.99. The zero-order chi connectivity index (χ0) is 21.9. The molecule has 0 aliphatic heterocycles. The Morgan fingerprint density at radius 3 is 2.27 bits per heavy atom. The maximum absolute atomic E-state index is 13.1. The largest absolute Gasteiger partial charge is 0.497 e. The molecule has 0 spiro atoms. The van der Waals surface area contributed by atoms with Crippen LogP contribution in [0.2, 0.25) is 0 Å². The number of halogens is 1. The maximum Gasteiger partial charge on any atom is 0.242 e. The molecule has 0 heterocycles. The standard InChI is InChI=1S/C23H29BrN2O3S/c1-4-21(23(28)25-5-2)26(14-17-8-12-20(29-3)13-9-17)22(27)16-30-15-18-6-10-19(24)11-7-18/h6-13,21H,4-5,14-16H2,1-3H3,(H,25,28). The lowest BCUT2D eigenvalue weighted by atomic mass is 10.1. The predicted octanol–water partition coefficient (Wildman–Crippen LogP) is 4.63. The molecule has 2 amide bonds. The number of methoxy groups -OCH3 is 1. The van der Waals surface area contributed by atoms with Crippen LogP contribution in [0.25, 0.3) is 0 Å². The van der Waals surface area contributed by atoms with Gasteiger partial charge in [-0.25, -0.2) is 0 Å². The van der Waals surface area contributed by atoms with Gasteiger partial charge in [0.05, 0.1) is 12.9 Å². The van der Waals surface area contributed by atoms with Crippen molar-refractivity contribution >= 4 is 39.5 Å². The number of nitrogens with zero attached hydrogens (tertiary/aromatic N) is 1. The Labute approximate surface area is 191 Å². The van der Waals surface area contributed by atoms with E-state index in [0.29, 0.717) is 25.3 Å². The van der Waals surface area contributed by atoms with Gasteiger partial charge >= 0.3 is 0 Å². The average Bonchev–Trinajstić information content (AvgIpc) is 2.75. The topological polar surface area (TPSA) is 58.6 Å². The number of ether oxygens (including phenoxy) is 1. The molecule has 162 valence electrons. The summed E-state index contributed by atoms with van der Waals surface area (Å²) in [5.41, 5.74) is 2.12. The summed E-state index contributed by atoms with van der Waals surface area (Å²) < 4.78 is 6.25. The Morgan fingerprint density at radius 1 is 1.07 bits per heavy atom. The van der Waals surface area contributed by atoms with E-state index >= 15 is 0 Å². The molecule has 5 nitrogen and oxygen atoms in total. The summed E-state index contributed by atoms with van der Waals surface area (Å²) in [5, 5.41) is 2.86. The summed E-state index contributed by atoms with van der Waals surface area (Å²) in [7, 11) is 1.62. The van der Waals surface area contributed by atoms with Gasteiger partial charge in [-0.05, 0) is 48.7 Å². The average molecular weight is 493 g/mol. The molecule has 1 atom stereocenters. The van der Waals surface area contributed by atoms with Crippen LogP contribution in [-0.4, -0.2) is 42.2 Å². The first-order chi connectivity index (χ1) is 14.5. The highest BCUT2D eigenvalue weighted by molar-refractivity contribution is 9.10. The SMILES string of the molecule is CCNC(=O)C(CC)N(Cc1ccc(OC)cc1)C(=O)CSCc1ccc(Br)cc1. The minimum Gasteiger partial charge on any atom is -0.497 e. The van der Waals surface area contributed by atoms with Crippen molar-refractivity contribution in [1.82, 2.24) is 10.2 Å². The fourth-order valence-corrected chi connectivity index (χ4v) is 4.19. The summed E-state index contributed by atoms with van der Waals surface area (Å²) in [5.74, 6) is 1.68. The van der Waals surface area contributed by atoms with Crippen LogP contribution in [0, 0.1) is 0 Å². The smallest absolute Gasteiger partial charge is 0.242 e. The van der Waals surface area contributed by atoms with E-state index in [1.54, 1.807) is 23.8 Å². The lowest BCUT2D eigenvalue weighted by Crippen LogP contribution is -2.49. The minimum absolute atomic E-state index is 0.0361. The monoisotopic (exact) mass is 492 g/mol. The van der Waals surface area contributed by atoms with Crippen LogP contribution in [0.15, 0.2) is 53.0 Å². The molecule has 2 aromatic carbocycles. The fourth-order valence-electron chi connectivity index (χ4n) is 3.06. The zero-order valence-corrected chi connectivity index (χ0v) is 20.1. The van der Waals surface area contributed by atoms with Crippen molar-refractivity contribution < 1.29 is 14.3 Å². The number of hydrogen-bond acceptors (Lipinski definition) is 4. The molecule has 0 saturated heterocycles. The molecule has 0 fully saturated rings. The normalized spacial score (nSPS) is 11.6. The zero-order valence-electron chi connectivity index (χ0n) is 17.7. The Bertz CT molecular complexity index is 812. The molecule has 0 bridgehead atoms. The number of thioether (sulfide) groups is 1. The van der Waals surface area contributed by atoms with Crippen molar-refractivity contribution in [3.8, 4) is 5.75 Å². The van der Waals surface area contributed by atoms with E-state index in [-0.39, 0.29) is 11.8 Å². The van der Waals surface area contributed by atoms with Crippen LogP contribution in [0.5, 0.6) is 5.75 Å².